The minimum Gasteiger partial charge on any atom is -0.461 e. The molecular formula is C20H26O5. The van der Waals surface area contributed by atoms with Crippen LogP contribution < -0.4 is 0 Å². The van der Waals surface area contributed by atoms with Crippen LogP contribution in [0.2, 0.25) is 0 Å². The summed E-state index contributed by atoms with van der Waals surface area (Å²) in [6, 6.07) is 0. The molecule has 0 aromatic rings. The molecule has 5 heteroatoms. The number of ether oxygens (including phenoxy) is 2. The summed E-state index contributed by atoms with van der Waals surface area (Å²) in [5.41, 5.74) is 1.49. The first-order valence-electron chi connectivity index (χ1n) is 9.29. The van der Waals surface area contributed by atoms with E-state index in [0.29, 0.717) is 31.1 Å². The van der Waals surface area contributed by atoms with E-state index < -0.39 is 6.10 Å². The second-order valence-electron chi connectivity index (χ2n) is 8.52. The molecule has 0 aromatic heterocycles. The lowest BCUT2D eigenvalue weighted by atomic mass is 9.46. The lowest BCUT2D eigenvalue weighted by Gasteiger charge is -2.57. The van der Waals surface area contributed by atoms with Crippen LogP contribution in [-0.2, 0) is 19.1 Å². The minimum atomic E-state index is -0.584. The van der Waals surface area contributed by atoms with E-state index in [1.165, 1.54) is 0 Å². The average molecular weight is 346 g/mol. The Bertz CT molecular complexity index is 678. The number of rotatable bonds is 3. The monoisotopic (exact) mass is 346 g/mol. The number of aliphatic hydroxyl groups is 1. The molecule has 25 heavy (non-hydrogen) atoms. The van der Waals surface area contributed by atoms with Crippen molar-refractivity contribution in [2.45, 2.75) is 52.1 Å². The Morgan fingerprint density at radius 3 is 2.84 bits per heavy atom. The second-order valence-corrected chi connectivity index (χ2v) is 8.52. The highest BCUT2D eigenvalue weighted by Crippen LogP contribution is 2.63. The Morgan fingerprint density at radius 2 is 2.12 bits per heavy atom. The molecule has 2 aliphatic heterocycles. The minimum absolute atomic E-state index is 0.0147. The van der Waals surface area contributed by atoms with Gasteiger partial charge in [0.05, 0.1) is 6.10 Å². The number of carbonyl (C=O) groups excluding carboxylic acids is 2. The Morgan fingerprint density at radius 1 is 1.32 bits per heavy atom. The van der Waals surface area contributed by atoms with Crippen LogP contribution in [0.5, 0.6) is 0 Å². The molecule has 136 valence electrons. The number of esters is 2. The van der Waals surface area contributed by atoms with E-state index in [-0.39, 0.29) is 28.7 Å². The highest BCUT2D eigenvalue weighted by Gasteiger charge is 2.61. The zero-order valence-electron chi connectivity index (χ0n) is 14.9. The van der Waals surface area contributed by atoms with Gasteiger partial charge in [0.1, 0.15) is 13.2 Å². The quantitative estimate of drug-likeness (QED) is 0.795. The maximum Gasteiger partial charge on any atom is 0.334 e. The van der Waals surface area contributed by atoms with Gasteiger partial charge in [-0.3, -0.25) is 0 Å². The van der Waals surface area contributed by atoms with Gasteiger partial charge in [0.15, 0.2) is 0 Å². The smallest absolute Gasteiger partial charge is 0.334 e. The summed E-state index contributed by atoms with van der Waals surface area (Å²) in [6.07, 6.45) is 7.17. The predicted octanol–water partition coefficient (Wildman–Crippen LogP) is 2.54. The molecule has 2 aliphatic carbocycles. The molecule has 5 nitrogen and oxygen atoms in total. The molecule has 0 bridgehead atoms. The van der Waals surface area contributed by atoms with Gasteiger partial charge in [-0.25, -0.2) is 9.59 Å². The molecule has 4 rings (SSSR count). The molecule has 4 aliphatic rings. The highest BCUT2D eigenvalue weighted by molar-refractivity contribution is 5.93. The fourth-order valence-corrected chi connectivity index (χ4v) is 5.64. The van der Waals surface area contributed by atoms with Gasteiger partial charge in [-0.15, -0.1) is 0 Å². The van der Waals surface area contributed by atoms with Crippen molar-refractivity contribution in [3.05, 3.63) is 23.3 Å². The van der Waals surface area contributed by atoms with E-state index in [0.717, 1.165) is 31.3 Å². The van der Waals surface area contributed by atoms with Crippen LogP contribution in [0.25, 0.3) is 0 Å². The third-order valence-electron chi connectivity index (χ3n) is 7.37. The topological polar surface area (TPSA) is 72.8 Å². The molecular weight excluding hydrogens is 320 g/mol. The first kappa shape index (κ1) is 16.8. The van der Waals surface area contributed by atoms with Crippen molar-refractivity contribution in [2.24, 2.45) is 22.7 Å². The van der Waals surface area contributed by atoms with Crippen LogP contribution in [0.3, 0.4) is 0 Å². The van der Waals surface area contributed by atoms with Crippen molar-refractivity contribution in [1.82, 2.24) is 0 Å². The number of carbonyl (C=O) groups is 2. The predicted molar refractivity (Wildman–Crippen MR) is 90.4 cm³/mol. The van der Waals surface area contributed by atoms with Gasteiger partial charge < -0.3 is 14.6 Å². The van der Waals surface area contributed by atoms with Crippen LogP contribution in [0, 0.1) is 22.7 Å². The molecule has 1 saturated carbocycles. The first-order valence-corrected chi connectivity index (χ1v) is 9.29. The molecule has 0 radical (unpaired) electrons. The van der Waals surface area contributed by atoms with Crippen molar-refractivity contribution in [3.63, 3.8) is 0 Å². The fourth-order valence-electron chi connectivity index (χ4n) is 5.64. The van der Waals surface area contributed by atoms with Crippen LogP contribution in [0.4, 0.5) is 0 Å². The first-order chi connectivity index (χ1) is 11.8. The Kier molecular flexibility index (Phi) is 3.83. The summed E-state index contributed by atoms with van der Waals surface area (Å²) < 4.78 is 10.5. The van der Waals surface area contributed by atoms with Crippen LogP contribution in [-0.4, -0.2) is 36.4 Å². The molecule has 1 N–H and O–H groups in total. The number of hydrogen-bond acceptors (Lipinski definition) is 5. The van der Waals surface area contributed by atoms with E-state index in [9.17, 15) is 14.7 Å². The maximum atomic E-state index is 12.2. The number of cyclic esters (lactones) is 2. The lowest BCUT2D eigenvalue weighted by Crippen LogP contribution is -2.53. The van der Waals surface area contributed by atoms with Crippen LogP contribution in [0.1, 0.15) is 46.0 Å². The van der Waals surface area contributed by atoms with Crippen molar-refractivity contribution < 1.29 is 24.2 Å². The third kappa shape index (κ3) is 2.47. The summed E-state index contributed by atoms with van der Waals surface area (Å²) >= 11 is 0. The van der Waals surface area contributed by atoms with Gasteiger partial charge in [-0.1, -0.05) is 13.8 Å². The summed E-state index contributed by atoms with van der Waals surface area (Å²) in [6.45, 7) is 5.41. The fraction of sp³-hybridized carbons (Fsp3) is 0.700. The summed E-state index contributed by atoms with van der Waals surface area (Å²) in [7, 11) is 0. The van der Waals surface area contributed by atoms with Crippen LogP contribution >= 0.6 is 0 Å². The number of hydrogen-bond donors (Lipinski definition) is 1. The normalized spacial score (nSPS) is 42.9. The molecule has 0 aromatic carbocycles. The summed E-state index contributed by atoms with van der Waals surface area (Å²) in [5, 5.41) is 10.4. The molecule has 0 unspecified atom stereocenters. The van der Waals surface area contributed by atoms with E-state index in [1.807, 2.05) is 0 Å². The van der Waals surface area contributed by atoms with Gasteiger partial charge in [0.2, 0.25) is 0 Å². The van der Waals surface area contributed by atoms with Crippen molar-refractivity contribution in [3.8, 4) is 0 Å². The van der Waals surface area contributed by atoms with E-state index in [1.54, 1.807) is 12.2 Å². The lowest BCUT2D eigenvalue weighted by molar-refractivity contribution is -0.136. The van der Waals surface area contributed by atoms with Gasteiger partial charge in [-0.05, 0) is 61.0 Å². The second kappa shape index (κ2) is 5.70. The molecule has 2 fully saturated rings. The average Bonchev–Trinajstić information content (AvgIpc) is 3.14. The Hall–Kier alpha value is -1.62. The molecule has 1 saturated heterocycles. The van der Waals surface area contributed by atoms with E-state index in [4.69, 9.17) is 9.47 Å². The molecule has 1 spiro atoms. The zero-order valence-corrected chi connectivity index (χ0v) is 14.9. The maximum absolute atomic E-state index is 12.2. The standard InChI is InChI=1S/C20H26O5/c1-12-3-6-20-11-25-18(23)15(20)8-14(21)9-16(20)19(12,2)5-4-13-7-17(22)24-10-13/h7-8,12,14,16,21H,3-6,9-11H2,1-2H3/t12-,14-,16-,19+,20+/m1/s1. The van der Waals surface area contributed by atoms with Crippen molar-refractivity contribution >= 4 is 11.9 Å². The van der Waals surface area contributed by atoms with E-state index in [2.05, 4.69) is 13.8 Å². The Labute approximate surface area is 148 Å². The molecule has 0 amide bonds. The SMILES string of the molecule is C[C@@H]1CC[C@]23COC(=O)C2=C[C@@H](O)C[C@@H]3[C@@]1(C)CCC1=CC(=O)OC1. The van der Waals surface area contributed by atoms with Crippen LogP contribution in [0.15, 0.2) is 23.3 Å². The molecule has 5 atom stereocenters. The highest BCUT2D eigenvalue weighted by atomic mass is 16.5. The number of aliphatic hydroxyl groups excluding tert-OH is 1. The van der Waals surface area contributed by atoms with Gasteiger partial charge in [-0.2, -0.15) is 0 Å². The zero-order chi connectivity index (χ0) is 17.8. The summed E-state index contributed by atoms with van der Waals surface area (Å²) in [4.78, 5) is 23.5. The van der Waals surface area contributed by atoms with E-state index >= 15 is 0 Å². The summed E-state index contributed by atoms with van der Waals surface area (Å²) in [5.74, 6) is 0.201. The Balaban J connectivity index is 1.65. The van der Waals surface area contributed by atoms with Crippen molar-refractivity contribution in [1.29, 1.82) is 0 Å². The van der Waals surface area contributed by atoms with Crippen molar-refractivity contribution in [2.75, 3.05) is 13.2 Å². The third-order valence-corrected chi connectivity index (χ3v) is 7.37. The largest absolute Gasteiger partial charge is 0.461 e. The van der Waals surface area contributed by atoms with Gasteiger partial charge in [0.25, 0.3) is 0 Å². The van der Waals surface area contributed by atoms with Gasteiger partial charge >= 0.3 is 11.9 Å². The van der Waals surface area contributed by atoms with Gasteiger partial charge in [0, 0.05) is 17.1 Å². The molecule has 2 heterocycles.